The van der Waals surface area contributed by atoms with Gasteiger partial charge >= 0.3 is 0 Å². The molecule has 0 fully saturated rings. The Bertz CT molecular complexity index is 266. The Morgan fingerprint density at radius 1 is 1.47 bits per heavy atom. The van der Waals surface area contributed by atoms with Crippen LogP contribution in [0.3, 0.4) is 0 Å². The summed E-state index contributed by atoms with van der Waals surface area (Å²) in [6, 6.07) is 0. The number of rotatable bonds is 7. The van der Waals surface area contributed by atoms with Gasteiger partial charge in [0.2, 0.25) is 0 Å². The fourth-order valence-corrected chi connectivity index (χ4v) is 2.17. The van der Waals surface area contributed by atoms with Gasteiger partial charge in [0.15, 0.2) is 0 Å². The van der Waals surface area contributed by atoms with Crippen molar-refractivity contribution in [2.75, 3.05) is 34.0 Å². The lowest BCUT2D eigenvalue weighted by Crippen LogP contribution is -2.44. The first-order valence-corrected chi connectivity index (χ1v) is 5.74. The van der Waals surface area contributed by atoms with Crippen molar-refractivity contribution in [1.29, 1.82) is 0 Å². The summed E-state index contributed by atoms with van der Waals surface area (Å²) in [4.78, 5) is 4.32. The van der Waals surface area contributed by atoms with Crippen molar-refractivity contribution in [3.63, 3.8) is 0 Å². The minimum absolute atomic E-state index is 0.221. The summed E-state index contributed by atoms with van der Waals surface area (Å²) in [5.41, 5.74) is -0.221. The molecule has 0 aliphatic heterocycles. The second kappa shape index (κ2) is 6.17. The Hall–Kier alpha value is -0.490. The van der Waals surface area contributed by atoms with E-state index in [1.165, 1.54) is 0 Å². The largest absolute Gasteiger partial charge is 0.383 e. The van der Waals surface area contributed by atoms with Crippen molar-refractivity contribution in [2.45, 2.75) is 12.5 Å². The molecule has 0 aliphatic carbocycles. The molecule has 1 rings (SSSR count). The second-order valence-electron chi connectivity index (χ2n) is 3.52. The van der Waals surface area contributed by atoms with Gasteiger partial charge in [-0.05, 0) is 6.92 Å². The molecule has 0 spiro atoms. The Kier molecular flexibility index (Phi) is 5.17. The van der Waals surface area contributed by atoms with E-state index in [0.29, 0.717) is 13.2 Å². The van der Waals surface area contributed by atoms with Crippen LogP contribution in [-0.2, 0) is 15.0 Å². The predicted molar refractivity (Wildman–Crippen MR) is 61.2 cm³/mol. The summed E-state index contributed by atoms with van der Waals surface area (Å²) >= 11 is 1.63. The summed E-state index contributed by atoms with van der Waals surface area (Å²) in [7, 11) is 3.39. The van der Waals surface area contributed by atoms with Crippen molar-refractivity contribution in [1.82, 2.24) is 10.3 Å². The number of nitrogens with zero attached hydrogens (tertiary/aromatic N) is 1. The molecule has 0 radical (unpaired) electrons. The van der Waals surface area contributed by atoms with Gasteiger partial charge in [0.05, 0.1) is 18.8 Å². The molecule has 0 bridgehead atoms. The minimum Gasteiger partial charge on any atom is -0.383 e. The first kappa shape index (κ1) is 12.6. The number of ether oxygens (including phenoxy) is 2. The highest BCUT2D eigenvalue weighted by Gasteiger charge is 2.28. The molecular weight excluding hydrogens is 212 g/mol. The number of nitrogens with one attached hydrogen (secondary N) is 1. The summed E-state index contributed by atoms with van der Waals surface area (Å²) in [6.45, 7) is 4.16. The molecule has 0 aliphatic rings. The predicted octanol–water partition coefficient (Wildman–Crippen LogP) is 1.24. The van der Waals surface area contributed by atoms with E-state index in [4.69, 9.17) is 9.47 Å². The zero-order valence-corrected chi connectivity index (χ0v) is 10.3. The number of hydrogen-bond acceptors (Lipinski definition) is 5. The molecule has 5 heteroatoms. The smallest absolute Gasteiger partial charge is 0.115 e. The van der Waals surface area contributed by atoms with Crippen molar-refractivity contribution >= 4 is 11.3 Å². The maximum Gasteiger partial charge on any atom is 0.115 e. The van der Waals surface area contributed by atoms with Gasteiger partial charge in [0.25, 0.3) is 0 Å². The van der Waals surface area contributed by atoms with Gasteiger partial charge in [0.1, 0.15) is 5.01 Å². The van der Waals surface area contributed by atoms with Crippen LogP contribution in [0.1, 0.15) is 11.9 Å². The fourth-order valence-electron chi connectivity index (χ4n) is 1.40. The lowest BCUT2D eigenvalue weighted by Gasteiger charge is -2.27. The quantitative estimate of drug-likeness (QED) is 0.716. The SMILES string of the molecule is COCCNC(C)(COC)c1nccs1. The van der Waals surface area contributed by atoms with Crippen LogP contribution in [0, 0.1) is 0 Å². The summed E-state index contributed by atoms with van der Waals surface area (Å²) < 4.78 is 10.2. The van der Waals surface area contributed by atoms with Crippen LogP contribution in [0.4, 0.5) is 0 Å². The van der Waals surface area contributed by atoms with Gasteiger partial charge in [-0.2, -0.15) is 0 Å². The van der Waals surface area contributed by atoms with E-state index in [1.54, 1.807) is 25.6 Å². The highest BCUT2D eigenvalue weighted by Crippen LogP contribution is 2.22. The van der Waals surface area contributed by atoms with Gasteiger partial charge in [0, 0.05) is 32.3 Å². The zero-order valence-electron chi connectivity index (χ0n) is 9.45. The zero-order chi connectivity index (χ0) is 11.1. The molecule has 1 N–H and O–H groups in total. The number of thiazole rings is 1. The average Bonchev–Trinajstić information content (AvgIpc) is 2.72. The fraction of sp³-hybridized carbons (Fsp3) is 0.700. The highest BCUT2D eigenvalue weighted by molar-refractivity contribution is 7.09. The van der Waals surface area contributed by atoms with E-state index in [-0.39, 0.29) is 5.54 Å². The summed E-state index contributed by atoms with van der Waals surface area (Å²) in [6.07, 6.45) is 1.81. The monoisotopic (exact) mass is 230 g/mol. The third kappa shape index (κ3) is 3.53. The van der Waals surface area contributed by atoms with Gasteiger partial charge in [-0.15, -0.1) is 11.3 Å². The molecule has 1 aromatic heterocycles. The second-order valence-corrected chi connectivity index (χ2v) is 4.42. The molecule has 0 amide bonds. The minimum atomic E-state index is -0.221. The molecule has 1 aromatic rings. The number of hydrogen-bond donors (Lipinski definition) is 1. The summed E-state index contributed by atoms with van der Waals surface area (Å²) in [5.74, 6) is 0. The third-order valence-electron chi connectivity index (χ3n) is 2.16. The standard InChI is InChI=1S/C10H18N2O2S/c1-10(8-14-3,12-4-6-13-2)9-11-5-7-15-9/h5,7,12H,4,6,8H2,1-3H3. The highest BCUT2D eigenvalue weighted by atomic mass is 32.1. The van der Waals surface area contributed by atoms with E-state index >= 15 is 0 Å². The lowest BCUT2D eigenvalue weighted by atomic mass is 10.1. The van der Waals surface area contributed by atoms with Crippen LogP contribution >= 0.6 is 11.3 Å². The lowest BCUT2D eigenvalue weighted by molar-refractivity contribution is 0.108. The topological polar surface area (TPSA) is 43.4 Å². The van der Waals surface area contributed by atoms with E-state index in [9.17, 15) is 0 Å². The van der Waals surface area contributed by atoms with E-state index in [0.717, 1.165) is 11.6 Å². The number of methoxy groups -OCH3 is 2. The maximum absolute atomic E-state index is 5.22. The molecule has 0 saturated heterocycles. The molecule has 4 nitrogen and oxygen atoms in total. The first-order chi connectivity index (χ1) is 7.23. The molecule has 86 valence electrons. The molecule has 0 aromatic carbocycles. The van der Waals surface area contributed by atoms with Gasteiger partial charge in [-0.3, -0.25) is 0 Å². The van der Waals surface area contributed by atoms with Crippen LogP contribution < -0.4 is 5.32 Å². The Balaban J connectivity index is 2.61. The molecule has 1 unspecified atom stereocenters. The molecule has 1 atom stereocenters. The molecular formula is C10H18N2O2S. The van der Waals surface area contributed by atoms with E-state index < -0.39 is 0 Å². The van der Waals surface area contributed by atoms with Crippen LogP contribution in [0.5, 0.6) is 0 Å². The maximum atomic E-state index is 5.22. The van der Waals surface area contributed by atoms with Gasteiger partial charge < -0.3 is 14.8 Å². The van der Waals surface area contributed by atoms with Gasteiger partial charge in [-0.1, -0.05) is 0 Å². The van der Waals surface area contributed by atoms with Crippen LogP contribution in [0.25, 0.3) is 0 Å². The molecule has 0 saturated carbocycles. The first-order valence-electron chi connectivity index (χ1n) is 4.86. The number of aromatic nitrogens is 1. The molecule has 1 heterocycles. The van der Waals surface area contributed by atoms with E-state index in [1.807, 2.05) is 11.6 Å². The third-order valence-corrected chi connectivity index (χ3v) is 3.20. The van der Waals surface area contributed by atoms with Crippen molar-refractivity contribution in [2.24, 2.45) is 0 Å². The Morgan fingerprint density at radius 3 is 2.80 bits per heavy atom. The van der Waals surface area contributed by atoms with Crippen molar-refractivity contribution in [3.05, 3.63) is 16.6 Å². The normalized spacial score (nSPS) is 15.1. The van der Waals surface area contributed by atoms with Crippen LogP contribution in [-0.4, -0.2) is 39.0 Å². The molecule has 15 heavy (non-hydrogen) atoms. The van der Waals surface area contributed by atoms with Crippen molar-refractivity contribution in [3.8, 4) is 0 Å². The van der Waals surface area contributed by atoms with Crippen LogP contribution in [0.15, 0.2) is 11.6 Å². The summed E-state index contributed by atoms with van der Waals surface area (Å²) in [5, 5.41) is 6.41. The van der Waals surface area contributed by atoms with E-state index in [2.05, 4.69) is 17.2 Å². The van der Waals surface area contributed by atoms with Crippen LogP contribution in [0.2, 0.25) is 0 Å². The Labute approximate surface area is 94.6 Å². The van der Waals surface area contributed by atoms with Gasteiger partial charge in [-0.25, -0.2) is 4.98 Å². The average molecular weight is 230 g/mol. The van der Waals surface area contributed by atoms with Crippen molar-refractivity contribution < 1.29 is 9.47 Å². The Morgan fingerprint density at radius 2 is 2.27 bits per heavy atom.